The molecule has 1 aromatic carbocycles. The zero-order valence-electron chi connectivity index (χ0n) is 13.4. The third-order valence-corrected chi connectivity index (χ3v) is 3.92. The van der Waals surface area contributed by atoms with Crippen molar-refractivity contribution in [3.8, 4) is 0 Å². The Bertz CT molecular complexity index is 700. The number of benzene rings is 1. The number of carbonyl (C=O) groups is 2. The van der Waals surface area contributed by atoms with Gasteiger partial charge < -0.3 is 15.0 Å². The minimum Gasteiger partial charge on any atom is -0.451 e. The molecule has 6 nitrogen and oxygen atoms in total. The maximum absolute atomic E-state index is 12.3. The van der Waals surface area contributed by atoms with Gasteiger partial charge in [0.25, 0.3) is 5.91 Å². The lowest BCUT2D eigenvalue weighted by atomic mass is 10.3. The van der Waals surface area contributed by atoms with Crippen molar-refractivity contribution in [1.29, 1.82) is 0 Å². The number of ether oxygens (including phenoxy) is 1. The lowest BCUT2D eigenvalue weighted by molar-refractivity contribution is -0.121. The maximum Gasteiger partial charge on any atom is 0.358 e. The van der Waals surface area contributed by atoms with Gasteiger partial charge in [-0.05, 0) is 19.1 Å². The predicted molar refractivity (Wildman–Crippen MR) is 95.6 cm³/mol. The molecule has 0 aliphatic rings. The molecule has 126 valence electrons. The second kappa shape index (κ2) is 8.83. The number of amides is 1. The Balaban J connectivity index is 1.91. The molecule has 0 spiro atoms. The molecule has 0 bridgehead atoms. The first kappa shape index (κ1) is 17.7. The van der Waals surface area contributed by atoms with Crippen molar-refractivity contribution in [2.45, 2.75) is 6.92 Å². The van der Waals surface area contributed by atoms with Crippen LogP contribution in [0.5, 0.6) is 0 Å². The Morgan fingerprint density at radius 3 is 2.79 bits per heavy atom. The van der Waals surface area contributed by atoms with Crippen molar-refractivity contribution < 1.29 is 14.3 Å². The fourth-order valence-corrected chi connectivity index (χ4v) is 2.69. The fraction of sp³-hybridized carbons (Fsp3) is 0.235. The zero-order chi connectivity index (χ0) is 17.4. The fourth-order valence-electron chi connectivity index (χ4n) is 2.00. The normalized spacial score (nSPS) is 10.0. The van der Waals surface area contributed by atoms with Gasteiger partial charge in [-0.1, -0.05) is 24.3 Å². The molecular formula is C17H19N3O3S. The molecule has 1 aromatic heterocycles. The van der Waals surface area contributed by atoms with Gasteiger partial charge in [0.2, 0.25) is 0 Å². The zero-order valence-corrected chi connectivity index (χ0v) is 14.2. The van der Waals surface area contributed by atoms with Crippen LogP contribution in [0.3, 0.4) is 0 Å². The van der Waals surface area contributed by atoms with Gasteiger partial charge in [0.15, 0.2) is 17.4 Å². The van der Waals surface area contributed by atoms with E-state index >= 15 is 0 Å². The van der Waals surface area contributed by atoms with Crippen molar-refractivity contribution in [2.75, 3.05) is 29.9 Å². The lowest BCUT2D eigenvalue weighted by Crippen LogP contribution is -2.34. The Morgan fingerprint density at radius 2 is 2.12 bits per heavy atom. The average molecular weight is 345 g/mol. The molecule has 0 fully saturated rings. The molecule has 0 saturated heterocycles. The number of thiazole rings is 1. The van der Waals surface area contributed by atoms with Crippen molar-refractivity contribution in [3.05, 3.63) is 54.1 Å². The van der Waals surface area contributed by atoms with Crippen LogP contribution in [-0.4, -0.2) is 36.6 Å². The number of hydrogen-bond donors (Lipinski definition) is 1. The second-order valence-electron chi connectivity index (χ2n) is 4.76. The van der Waals surface area contributed by atoms with Gasteiger partial charge in [-0.2, -0.15) is 0 Å². The monoisotopic (exact) mass is 345 g/mol. The molecule has 0 atom stereocenters. The number of nitrogens with one attached hydrogen (secondary N) is 1. The minimum atomic E-state index is -0.615. The highest BCUT2D eigenvalue weighted by atomic mass is 32.1. The molecule has 0 saturated carbocycles. The van der Waals surface area contributed by atoms with E-state index in [4.69, 9.17) is 4.74 Å². The summed E-state index contributed by atoms with van der Waals surface area (Å²) in [4.78, 5) is 29.9. The van der Waals surface area contributed by atoms with Crippen molar-refractivity contribution in [1.82, 2.24) is 4.98 Å². The molecule has 1 heterocycles. The first-order chi connectivity index (χ1) is 11.7. The number of rotatable bonds is 8. The molecule has 2 aromatic rings. The quantitative estimate of drug-likeness (QED) is 0.588. The summed E-state index contributed by atoms with van der Waals surface area (Å²) < 4.78 is 5.08. The van der Waals surface area contributed by atoms with Crippen molar-refractivity contribution >= 4 is 34.0 Å². The predicted octanol–water partition coefficient (Wildman–Crippen LogP) is 2.95. The van der Waals surface area contributed by atoms with E-state index in [2.05, 4.69) is 16.9 Å². The van der Waals surface area contributed by atoms with Crippen molar-refractivity contribution in [3.63, 3.8) is 0 Å². The van der Waals surface area contributed by atoms with E-state index in [0.717, 1.165) is 5.69 Å². The smallest absolute Gasteiger partial charge is 0.358 e. The third kappa shape index (κ3) is 4.66. The molecule has 0 radical (unpaired) electrons. The summed E-state index contributed by atoms with van der Waals surface area (Å²) in [7, 11) is 0. The Labute approximate surface area is 144 Å². The van der Waals surface area contributed by atoms with Crippen molar-refractivity contribution in [2.24, 2.45) is 0 Å². The number of hydrogen-bond acceptors (Lipinski definition) is 6. The number of likely N-dealkylation sites (N-methyl/N-ethyl adjacent to an activating group) is 1. The molecule has 1 N–H and O–H groups in total. The Morgan fingerprint density at radius 1 is 1.38 bits per heavy atom. The Hall–Kier alpha value is -2.67. The van der Waals surface area contributed by atoms with Crippen LogP contribution in [0.4, 0.5) is 10.8 Å². The summed E-state index contributed by atoms with van der Waals surface area (Å²) in [6.45, 7) is 6.19. The van der Waals surface area contributed by atoms with Crippen LogP contribution >= 0.6 is 11.3 Å². The van der Waals surface area contributed by atoms with Gasteiger partial charge in [0.1, 0.15) is 0 Å². The van der Waals surface area contributed by atoms with Crippen LogP contribution in [0.2, 0.25) is 0 Å². The van der Waals surface area contributed by atoms with Gasteiger partial charge in [-0.25, -0.2) is 9.78 Å². The molecule has 0 aliphatic heterocycles. The largest absolute Gasteiger partial charge is 0.451 e. The summed E-state index contributed by atoms with van der Waals surface area (Å²) in [6.07, 6.45) is 1.70. The summed E-state index contributed by atoms with van der Waals surface area (Å²) in [6, 6.07) is 9.25. The number of carbonyl (C=O) groups excluding carboxylic acids is 2. The van der Waals surface area contributed by atoms with E-state index in [-0.39, 0.29) is 18.2 Å². The lowest BCUT2D eigenvalue weighted by Gasteiger charge is -2.20. The molecule has 1 amide bonds. The van der Waals surface area contributed by atoms with Gasteiger partial charge in [0.05, 0.1) is 0 Å². The van der Waals surface area contributed by atoms with E-state index in [1.54, 1.807) is 16.4 Å². The highest BCUT2D eigenvalue weighted by molar-refractivity contribution is 7.13. The Kier molecular flexibility index (Phi) is 6.51. The van der Waals surface area contributed by atoms with Crippen LogP contribution in [-0.2, 0) is 9.53 Å². The molecular weight excluding hydrogens is 326 g/mol. The molecule has 0 unspecified atom stereocenters. The molecule has 7 heteroatoms. The molecule has 0 aliphatic carbocycles. The number of esters is 1. The molecule has 24 heavy (non-hydrogen) atoms. The van der Waals surface area contributed by atoms with Crippen LogP contribution in [0, 0.1) is 0 Å². The van der Waals surface area contributed by atoms with Gasteiger partial charge >= 0.3 is 5.97 Å². The standard InChI is InChI=1S/C17H19N3O3S/c1-3-10-18-17-19-14(12-24-17)16(22)23-11-15(21)20(4-2)13-8-6-5-7-9-13/h3,5-9,12H,1,4,10-11H2,2H3,(H,18,19). The van der Waals surface area contributed by atoms with Crippen LogP contribution in [0.25, 0.3) is 0 Å². The summed E-state index contributed by atoms with van der Waals surface area (Å²) in [5.41, 5.74) is 0.952. The highest BCUT2D eigenvalue weighted by Crippen LogP contribution is 2.16. The van der Waals surface area contributed by atoms with Crippen LogP contribution in [0.15, 0.2) is 48.4 Å². The highest BCUT2D eigenvalue weighted by Gasteiger charge is 2.18. The minimum absolute atomic E-state index is 0.183. The number of para-hydroxylation sites is 1. The summed E-state index contributed by atoms with van der Waals surface area (Å²) >= 11 is 1.29. The van der Waals surface area contributed by atoms with E-state index in [0.29, 0.717) is 18.2 Å². The van der Waals surface area contributed by atoms with E-state index in [1.165, 1.54) is 11.3 Å². The van der Waals surface area contributed by atoms with Crippen LogP contribution in [0.1, 0.15) is 17.4 Å². The number of nitrogens with zero attached hydrogens (tertiary/aromatic N) is 2. The summed E-state index contributed by atoms with van der Waals surface area (Å²) in [5.74, 6) is -0.896. The van der Waals surface area contributed by atoms with E-state index in [9.17, 15) is 9.59 Å². The van der Waals surface area contributed by atoms with Gasteiger partial charge in [0, 0.05) is 24.2 Å². The van der Waals surface area contributed by atoms with Crippen LogP contribution < -0.4 is 10.2 Å². The second-order valence-corrected chi connectivity index (χ2v) is 5.62. The first-order valence-corrected chi connectivity index (χ1v) is 8.36. The first-order valence-electron chi connectivity index (χ1n) is 7.48. The number of aromatic nitrogens is 1. The third-order valence-electron chi connectivity index (χ3n) is 3.12. The number of anilines is 2. The van der Waals surface area contributed by atoms with Gasteiger partial charge in [-0.15, -0.1) is 17.9 Å². The topological polar surface area (TPSA) is 71.5 Å². The van der Waals surface area contributed by atoms with E-state index in [1.807, 2.05) is 37.3 Å². The van der Waals surface area contributed by atoms with E-state index < -0.39 is 5.97 Å². The molecule has 2 rings (SSSR count). The van der Waals surface area contributed by atoms with Gasteiger partial charge in [-0.3, -0.25) is 4.79 Å². The average Bonchev–Trinajstić information content (AvgIpc) is 3.08. The summed E-state index contributed by atoms with van der Waals surface area (Å²) in [5, 5.41) is 5.18. The maximum atomic E-state index is 12.3. The SMILES string of the molecule is C=CCNc1nc(C(=O)OCC(=O)N(CC)c2ccccc2)cs1.